The van der Waals surface area contributed by atoms with E-state index in [2.05, 4.69) is 28.9 Å². The maximum Gasteiger partial charge on any atom is 0.350 e. The Morgan fingerprint density at radius 3 is 2.28 bits per heavy atom. The van der Waals surface area contributed by atoms with Crippen LogP contribution >= 0.6 is 0 Å². The van der Waals surface area contributed by atoms with Crippen LogP contribution in [0, 0.1) is 0 Å². The summed E-state index contributed by atoms with van der Waals surface area (Å²) in [4.78, 5) is 40.5. The molecule has 0 bridgehead atoms. The van der Waals surface area contributed by atoms with Crippen molar-refractivity contribution in [1.82, 2.24) is 9.97 Å². The number of benzene rings is 4. The third kappa shape index (κ3) is 7.13. The zero-order chi connectivity index (χ0) is 35.2. The fourth-order valence-corrected chi connectivity index (χ4v) is 5.78. The number of rotatable bonds is 11. The smallest absolute Gasteiger partial charge is 0.350 e. The van der Waals surface area contributed by atoms with E-state index in [0.29, 0.717) is 34.9 Å². The number of carbonyl (C=O) groups excluding carboxylic acids is 2. The van der Waals surface area contributed by atoms with Gasteiger partial charge in [0.2, 0.25) is 6.10 Å². The Morgan fingerprint density at radius 2 is 1.62 bits per heavy atom. The van der Waals surface area contributed by atoms with Crippen LogP contribution in [0.1, 0.15) is 31.4 Å². The van der Waals surface area contributed by atoms with Crippen LogP contribution in [0.15, 0.2) is 108 Å². The van der Waals surface area contributed by atoms with Gasteiger partial charge >= 0.3 is 5.97 Å². The van der Waals surface area contributed by atoms with Crippen molar-refractivity contribution in [3.05, 3.63) is 114 Å². The Labute approximate surface area is 290 Å². The number of nitrogens with zero attached hydrogens (tertiary/aromatic N) is 4. The Hall–Kier alpha value is -6.20. The van der Waals surface area contributed by atoms with Crippen molar-refractivity contribution in [1.29, 1.82) is 0 Å². The molecule has 0 aliphatic carbocycles. The molecule has 1 atom stereocenters. The van der Waals surface area contributed by atoms with E-state index >= 15 is 0 Å². The number of aromatic hydroxyl groups is 1. The molecule has 1 aliphatic heterocycles. The highest BCUT2D eigenvalue weighted by molar-refractivity contribution is 6.04. The lowest BCUT2D eigenvalue weighted by atomic mass is 10.00. The number of hydrazine groups is 1. The highest BCUT2D eigenvalue weighted by atomic mass is 16.7. The van der Waals surface area contributed by atoms with Gasteiger partial charge in [-0.1, -0.05) is 71.9 Å². The van der Waals surface area contributed by atoms with Crippen molar-refractivity contribution in [2.45, 2.75) is 26.4 Å². The van der Waals surface area contributed by atoms with E-state index in [-0.39, 0.29) is 11.7 Å². The van der Waals surface area contributed by atoms with Crippen LogP contribution in [0.3, 0.4) is 0 Å². The van der Waals surface area contributed by atoms with Gasteiger partial charge in [-0.2, -0.15) is 0 Å². The number of anilines is 2. The molecule has 0 fully saturated rings. The van der Waals surface area contributed by atoms with Gasteiger partial charge in [0, 0.05) is 48.5 Å². The highest BCUT2D eigenvalue weighted by Gasteiger charge is 2.29. The summed E-state index contributed by atoms with van der Waals surface area (Å²) in [5.74, 6) is 5.81. The summed E-state index contributed by atoms with van der Waals surface area (Å²) in [6, 6.07) is 30.0. The van der Waals surface area contributed by atoms with Gasteiger partial charge in [0.15, 0.2) is 0 Å². The number of para-hydroxylation sites is 1. The third-order valence-electron chi connectivity index (χ3n) is 8.58. The predicted octanol–water partition coefficient (Wildman–Crippen LogP) is 6.55. The molecule has 254 valence electrons. The molecule has 11 heteroatoms. The van der Waals surface area contributed by atoms with Crippen molar-refractivity contribution in [2.24, 2.45) is 11.0 Å². The summed E-state index contributed by atoms with van der Waals surface area (Å²) in [5.41, 5.74) is 7.47. The summed E-state index contributed by atoms with van der Waals surface area (Å²) < 4.78 is 4.79. The van der Waals surface area contributed by atoms with E-state index in [9.17, 15) is 14.7 Å². The van der Waals surface area contributed by atoms with Crippen LogP contribution in [0.4, 0.5) is 11.4 Å². The Balaban J connectivity index is 1.31. The Bertz CT molecular complexity index is 2030. The molecule has 4 N–H and O–H groups in total. The lowest BCUT2D eigenvalue weighted by Crippen LogP contribution is -2.35. The van der Waals surface area contributed by atoms with Crippen LogP contribution in [-0.2, 0) is 19.2 Å². The van der Waals surface area contributed by atoms with Crippen LogP contribution in [-0.4, -0.2) is 59.0 Å². The first kappa shape index (κ1) is 33.7. The molecule has 6 rings (SSSR count). The van der Waals surface area contributed by atoms with Crippen molar-refractivity contribution in [3.8, 4) is 39.7 Å². The minimum atomic E-state index is -0.759. The molecule has 0 saturated heterocycles. The zero-order valence-electron chi connectivity index (χ0n) is 28.0. The summed E-state index contributed by atoms with van der Waals surface area (Å²) in [7, 11) is 1.32. The van der Waals surface area contributed by atoms with E-state index in [1.54, 1.807) is 24.3 Å². The molecule has 4 aromatic carbocycles. The number of hydrogen-bond acceptors (Lipinski definition) is 9. The van der Waals surface area contributed by atoms with Crippen LogP contribution < -0.4 is 15.8 Å². The molecule has 0 saturated carbocycles. The number of aromatic nitrogens is 2. The van der Waals surface area contributed by atoms with Gasteiger partial charge < -0.3 is 24.6 Å². The number of hydrogen-bond donors (Lipinski definition) is 3. The normalized spacial score (nSPS) is 13.9. The minimum Gasteiger partial charge on any atom is -0.507 e. The second kappa shape index (κ2) is 14.9. The number of H-pyrrole nitrogens is 1. The van der Waals surface area contributed by atoms with Crippen molar-refractivity contribution >= 4 is 35.0 Å². The largest absolute Gasteiger partial charge is 0.507 e. The quantitative estimate of drug-likeness (QED) is 0.0472. The molecule has 11 nitrogen and oxygen atoms in total. The Morgan fingerprint density at radius 1 is 0.940 bits per heavy atom. The minimum absolute atomic E-state index is 0.116. The first-order valence-corrected chi connectivity index (χ1v) is 16.3. The maximum atomic E-state index is 12.7. The van der Waals surface area contributed by atoms with Crippen molar-refractivity contribution in [3.63, 3.8) is 0 Å². The van der Waals surface area contributed by atoms with Gasteiger partial charge in [-0.05, 0) is 55.3 Å². The molecule has 1 amide bonds. The van der Waals surface area contributed by atoms with E-state index in [1.807, 2.05) is 78.9 Å². The second-order valence-electron chi connectivity index (χ2n) is 11.6. The van der Waals surface area contributed by atoms with Gasteiger partial charge in [0.1, 0.15) is 11.6 Å². The number of nitrogens with one attached hydrogen (secondary N) is 1. The van der Waals surface area contributed by atoms with Crippen LogP contribution in [0.25, 0.3) is 40.0 Å². The maximum absolute atomic E-state index is 12.7. The number of phenols is 1. The van der Waals surface area contributed by atoms with E-state index in [0.717, 1.165) is 51.7 Å². The van der Waals surface area contributed by atoms with E-state index < -0.39 is 12.1 Å². The van der Waals surface area contributed by atoms with E-state index in [4.69, 9.17) is 20.4 Å². The molecule has 1 unspecified atom stereocenters. The number of carbonyl (C=O) groups is 2. The molecule has 0 spiro atoms. The zero-order valence-corrected chi connectivity index (χ0v) is 28.0. The summed E-state index contributed by atoms with van der Waals surface area (Å²) in [6.07, 6.45) is 2.70. The monoisotopic (exact) mass is 670 g/mol. The lowest BCUT2D eigenvalue weighted by molar-refractivity contribution is -0.152. The summed E-state index contributed by atoms with van der Waals surface area (Å²) in [5, 5.41) is 16.3. The summed E-state index contributed by atoms with van der Waals surface area (Å²) in [6.45, 7) is 5.79. The number of imidazole rings is 1. The molecule has 2 heterocycles. The molecule has 1 aromatic heterocycles. The lowest BCUT2D eigenvalue weighted by Gasteiger charge is -2.21. The first-order valence-electron chi connectivity index (χ1n) is 16.3. The van der Waals surface area contributed by atoms with Gasteiger partial charge in [0.25, 0.3) is 5.91 Å². The van der Waals surface area contributed by atoms with Crippen LogP contribution in [0.2, 0.25) is 0 Å². The average Bonchev–Trinajstić information content (AvgIpc) is 3.83. The number of phenolic OH excluding ortho intramolecular Hbond substituents is 1. The molecule has 50 heavy (non-hydrogen) atoms. The van der Waals surface area contributed by atoms with Gasteiger partial charge in [-0.15, -0.1) is 0 Å². The summed E-state index contributed by atoms with van der Waals surface area (Å²) >= 11 is 0. The van der Waals surface area contributed by atoms with Gasteiger partial charge in [-0.25, -0.2) is 20.6 Å². The molecular weight excluding hydrogens is 632 g/mol. The highest BCUT2D eigenvalue weighted by Crippen LogP contribution is 2.37. The fourth-order valence-electron chi connectivity index (χ4n) is 5.78. The number of ether oxygens (including phenoxy) is 1. The number of aromatic amines is 1. The number of methoxy groups -OCH3 is 1. The number of amides is 1. The fraction of sp³-hybridized carbons (Fsp3) is 0.179. The van der Waals surface area contributed by atoms with E-state index in [1.165, 1.54) is 13.2 Å². The molecular formula is C39H38N6O5. The number of oxime groups is 1. The Kier molecular flexibility index (Phi) is 10.1. The average molecular weight is 671 g/mol. The molecule has 1 aliphatic rings. The predicted molar refractivity (Wildman–Crippen MR) is 195 cm³/mol. The van der Waals surface area contributed by atoms with Crippen LogP contribution in [0.5, 0.6) is 5.75 Å². The van der Waals surface area contributed by atoms with Gasteiger partial charge in [0.05, 0.1) is 35.5 Å². The molecule has 5 aromatic rings. The van der Waals surface area contributed by atoms with Crippen molar-refractivity contribution < 1.29 is 24.3 Å². The standard InChI is InChI=1S/C39H38N6O5/c1-4-44(5-2)30-20-21-31(33(46)23-30)38-41-36(27-14-11-25(12-15-27)13-22-35(47)45(40)29-9-7-6-8-10-29)37(42-38)28-18-16-26(17-19-28)32-24-34(50-43-32)39(48)49-3/h6-23,34,46H,4-5,24,40H2,1-3H3,(H,41,42)/b22-13+. The van der Waals surface area contributed by atoms with Gasteiger partial charge in [-0.3, -0.25) is 4.79 Å². The number of nitrogens with two attached hydrogens (primary N) is 1. The molecule has 0 radical (unpaired) electrons. The number of esters is 1. The second-order valence-corrected chi connectivity index (χ2v) is 11.6. The topological polar surface area (TPSA) is 146 Å². The third-order valence-corrected chi connectivity index (χ3v) is 8.58. The van der Waals surface area contributed by atoms with Crippen molar-refractivity contribution in [2.75, 3.05) is 30.1 Å². The first-order chi connectivity index (χ1) is 24.3. The SMILES string of the molecule is CCN(CC)c1ccc(-c2nc(-c3ccc(C4=NOC(C(=O)OC)C4)cc3)c(-c3ccc(/C=C/C(=O)N(N)c4ccccc4)cc3)[nH]2)c(O)c1.